The molecule has 0 atom stereocenters. The molecule has 1 aromatic carbocycles. The molecular weight excluding hydrogens is 384 g/mol. The molecule has 0 fully saturated rings. The van der Waals surface area contributed by atoms with E-state index in [2.05, 4.69) is 25.6 Å². The van der Waals surface area contributed by atoms with Crippen LogP contribution in [0.4, 0.5) is 5.82 Å². The number of nitrogens with one attached hydrogen (secondary N) is 1. The van der Waals surface area contributed by atoms with E-state index in [1.807, 2.05) is 36.4 Å². The molecule has 0 bridgehead atoms. The normalized spacial score (nSPS) is 12.5. The molecule has 6 nitrogen and oxygen atoms in total. The highest BCUT2D eigenvalue weighted by Gasteiger charge is 2.18. The Labute approximate surface area is 163 Å². The Balaban J connectivity index is 1.57. The third kappa shape index (κ3) is 3.05. The summed E-state index contributed by atoms with van der Waals surface area (Å²) in [6, 6.07) is 11.7. The first-order valence-electron chi connectivity index (χ1n) is 8.26. The van der Waals surface area contributed by atoms with Gasteiger partial charge in [0.2, 0.25) is 12.1 Å². The van der Waals surface area contributed by atoms with Gasteiger partial charge in [-0.05, 0) is 41.4 Å². The zero-order valence-electron chi connectivity index (χ0n) is 14.0. The average Bonchev–Trinajstić information content (AvgIpc) is 3.33. The van der Waals surface area contributed by atoms with E-state index in [1.54, 1.807) is 6.20 Å². The average molecular weight is 397 g/mol. The maximum Gasteiger partial charge on any atom is 0.231 e. The van der Waals surface area contributed by atoms with Crippen molar-refractivity contribution in [3.63, 3.8) is 0 Å². The van der Waals surface area contributed by atoms with E-state index < -0.39 is 0 Å². The number of fused-ring (bicyclic) bond motifs is 2. The Bertz CT molecular complexity index is 1130. The minimum Gasteiger partial charge on any atom is -0.454 e. The number of hydrogen-bond acceptors (Lipinski definition) is 7. The Kier molecular flexibility index (Phi) is 4.03. The van der Waals surface area contributed by atoms with Crippen molar-refractivity contribution in [2.24, 2.45) is 0 Å². The van der Waals surface area contributed by atoms with Gasteiger partial charge in [0, 0.05) is 17.1 Å². The molecule has 0 saturated carbocycles. The van der Waals surface area contributed by atoms with E-state index in [1.165, 1.54) is 11.3 Å². The number of nitrogens with zero attached hydrogens (tertiary/aromatic N) is 3. The number of hydrogen-bond donors (Lipinski definition) is 1. The molecule has 4 aromatic rings. The van der Waals surface area contributed by atoms with Gasteiger partial charge in [0.25, 0.3) is 0 Å². The molecule has 8 heteroatoms. The fraction of sp³-hybridized carbons (Fsp3) is 0.105. The van der Waals surface area contributed by atoms with E-state index in [4.69, 9.17) is 21.1 Å². The van der Waals surface area contributed by atoms with Gasteiger partial charge in [0.15, 0.2) is 11.5 Å². The van der Waals surface area contributed by atoms with E-state index in [9.17, 15) is 0 Å². The lowest BCUT2D eigenvalue weighted by Gasteiger charge is -2.09. The summed E-state index contributed by atoms with van der Waals surface area (Å²) in [5.41, 5.74) is 2.95. The molecule has 3 aromatic heterocycles. The zero-order valence-corrected chi connectivity index (χ0v) is 15.5. The maximum absolute atomic E-state index is 6.13. The van der Waals surface area contributed by atoms with Gasteiger partial charge in [-0.15, -0.1) is 11.3 Å². The predicted molar refractivity (Wildman–Crippen MR) is 106 cm³/mol. The molecule has 0 aliphatic carbocycles. The third-order valence-electron chi connectivity index (χ3n) is 4.25. The quantitative estimate of drug-likeness (QED) is 0.502. The van der Waals surface area contributed by atoms with Crippen molar-refractivity contribution in [1.29, 1.82) is 0 Å². The van der Waals surface area contributed by atoms with Crippen LogP contribution in [0.15, 0.2) is 48.0 Å². The fourth-order valence-electron chi connectivity index (χ4n) is 3.00. The van der Waals surface area contributed by atoms with Gasteiger partial charge in [-0.25, -0.2) is 9.97 Å². The summed E-state index contributed by atoms with van der Waals surface area (Å²) in [4.78, 5) is 13.9. The Hall–Kier alpha value is -2.90. The van der Waals surface area contributed by atoms with Gasteiger partial charge in [0.1, 0.15) is 10.6 Å². The Morgan fingerprint density at radius 2 is 2.04 bits per heavy atom. The molecule has 134 valence electrons. The number of aromatic nitrogens is 3. The molecule has 5 rings (SSSR count). The van der Waals surface area contributed by atoms with E-state index in [0.29, 0.717) is 12.4 Å². The highest BCUT2D eigenvalue weighted by atomic mass is 35.5. The second kappa shape index (κ2) is 6.68. The van der Waals surface area contributed by atoms with Crippen LogP contribution >= 0.6 is 22.9 Å². The van der Waals surface area contributed by atoms with Gasteiger partial charge < -0.3 is 14.8 Å². The van der Waals surface area contributed by atoms with Crippen molar-refractivity contribution >= 4 is 39.0 Å². The number of benzene rings is 1. The molecule has 4 heterocycles. The number of halogens is 1. The number of rotatable bonds is 4. The molecule has 1 aliphatic heterocycles. The van der Waals surface area contributed by atoms with Crippen molar-refractivity contribution in [3.05, 3.63) is 59.0 Å². The van der Waals surface area contributed by atoms with Gasteiger partial charge >= 0.3 is 0 Å². The van der Waals surface area contributed by atoms with Crippen LogP contribution in [0.1, 0.15) is 5.69 Å². The second-order valence-corrected chi connectivity index (χ2v) is 7.11. The smallest absolute Gasteiger partial charge is 0.231 e. The van der Waals surface area contributed by atoms with Crippen LogP contribution in [-0.4, -0.2) is 21.7 Å². The van der Waals surface area contributed by atoms with Crippen molar-refractivity contribution < 1.29 is 9.47 Å². The van der Waals surface area contributed by atoms with Crippen molar-refractivity contribution in [2.75, 3.05) is 12.1 Å². The number of anilines is 1. The van der Waals surface area contributed by atoms with E-state index in [0.717, 1.165) is 38.5 Å². The lowest BCUT2D eigenvalue weighted by Crippen LogP contribution is -2.04. The van der Waals surface area contributed by atoms with Crippen LogP contribution in [0.25, 0.3) is 21.3 Å². The summed E-state index contributed by atoms with van der Waals surface area (Å²) in [6.45, 7) is 0.790. The molecule has 0 spiro atoms. The molecule has 0 unspecified atom stereocenters. The van der Waals surface area contributed by atoms with E-state index >= 15 is 0 Å². The van der Waals surface area contributed by atoms with Gasteiger partial charge in [-0.3, -0.25) is 4.98 Å². The summed E-state index contributed by atoms with van der Waals surface area (Å²) >= 11 is 7.66. The second-order valence-electron chi connectivity index (χ2n) is 5.91. The van der Waals surface area contributed by atoms with Crippen LogP contribution in [0.3, 0.4) is 0 Å². The summed E-state index contributed by atoms with van der Waals surface area (Å²) < 4.78 is 10.9. The van der Waals surface area contributed by atoms with Crippen LogP contribution in [-0.2, 0) is 6.54 Å². The summed E-state index contributed by atoms with van der Waals surface area (Å²) in [5, 5.41) is 6.54. The van der Waals surface area contributed by atoms with Crippen molar-refractivity contribution in [1.82, 2.24) is 15.0 Å². The Morgan fingerprint density at radius 3 is 2.93 bits per heavy atom. The molecule has 0 amide bonds. The monoisotopic (exact) mass is 396 g/mol. The number of thiophene rings is 1. The van der Waals surface area contributed by atoms with Gasteiger partial charge in [-0.2, -0.15) is 0 Å². The lowest BCUT2D eigenvalue weighted by molar-refractivity contribution is 0.174. The van der Waals surface area contributed by atoms with Gasteiger partial charge in [0.05, 0.1) is 17.6 Å². The summed E-state index contributed by atoms with van der Waals surface area (Å²) in [7, 11) is 0. The minimum atomic E-state index is 0.213. The van der Waals surface area contributed by atoms with E-state index in [-0.39, 0.29) is 12.1 Å². The molecule has 0 saturated heterocycles. The van der Waals surface area contributed by atoms with Crippen LogP contribution in [0, 0.1) is 0 Å². The van der Waals surface area contributed by atoms with Crippen LogP contribution in [0.5, 0.6) is 11.5 Å². The summed E-state index contributed by atoms with van der Waals surface area (Å²) in [6.07, 6.45) is 1.77. The first-order chi connectivity index (χ1) is 13.3. The Morgan fingerprint density at radius 1 is 1.11 bits per heavy atom. The zero-order chi connectivity index (χ0) is 18.2. The molecule has 27 heavy (non-hydrogen) atoms. The maximum atomic E-state index is 6.13. The highest BCUT2D eigenvalue weighted by Crippen LogP contribution is 2.41. The highest BCUT2D eigenvalue weighted by molar-refractivity contribution is 7.17. The first kappa shape index (κ1) is 16.3. The SMILES string of the molecule is Clc1nc(NCc2ccccn2)c2c(-c3ccc4c(c3)OCO4)csc2n1. The van der Waals surface area contributed by atoms with Crippen LogP contribution < -0.4 is 14.8 Å². The molecule has 1 aliphatic rings. The molecule has 0 radical (unpaired) electrons. The first-order valence-corrected chi connectivity index (χ1v) is 9.52. The van der Waals surface area contributed by atoms with Crippen LogP contribution in [0.2, 0.25) is 5.28 Å². The number of ether oxygens (including phenoxy) is 2. The van der Waals surface area contributed by atoms with Crippen molar-refractivity contribution in [3.8, 4) is 22.6 Å². The fourth-order valence-corrected chi connectivity index (χ4v) is 4.16. The topological polar surface area (TPSA) is 69.2 Å². The third-order valence-corrected chi connectivity index (χ3v) is 5.29. The van der Waals surface area contributed by atoms with Gasteiger partial charge in [-0.1, -0.05) is 12.1 Å². The largest absolute Gasteiger partial charge is 0.454 e. The molecular formula is C19H13ClN4O2S. The summed E-state index contributed by atoms with van der Waals surface area (Å²) in [5.74, 6) is 2.18. The minimum absolute atomic E-state index is 0.213. The predicted octanol–water partition coefficient (Wildman–Crippen LogP) is 4.75. The van der Waals surface area contributed by atoms with Crippen molar-refractivity contribution in [2.45, 2.75) is 6.54 Å². The molecule has 1 N–H and O–H groups in total. The lowest BCUT2D eigenvalue weighted by atomic mass is 10.1. The number of pyridine rings is 1. The standard InChI is InChI=1S/C19H13ClN4O2S/c20-19-23-17(22-8-12-3-1-2-6-21-12)16-13(9-27-18(16)24-19)11-4-5-14-15(7-11)26-10-25-14/h1-7,9H,8,10H2,(H,22,23,24).